The standard InChI is InChI=1S/C17H27N3O2/c1-13(2)22-15-7-5-14(6-8-15)16-11-18-9-10-20(16)12-17(21)19(3)4/h5-8,13,16,18H,9-12H2,1-4H3. The largest absolute Gasteiger partial charge is 0.491 e. The number of hydrogen-bond acceptors (Lipinski definition) is 4. The molecule has 0 aromatic heterocycles. The van der Waals surface area contributed by atoms with E-state index in [4.69, 9.17) is 4.74 Å². The minimum absolute atomic E-state index is 0.145. The number of nitrogens with zero attached hydrogens (tertiary/aromatic N) is 2. The second kappa shape index (κ2) is 7.61. The minimum Gasteiger partial charge on any atom is -0.491 e. The fourth-order valence-electron chi connectivity index (χ4n) is 2.62. The number of piperazine rings is 1. The summed E-state index contributed by atoms with van der Waals surface area (Å²) in [6.07, 6.45) is 0.177. The SMILES string of the molecule is CC(C)Oc1ccc(C2CNCCN2CC(=O)N(C)C)cc1. The molecule has 0 bridgehead atoms. The lowest BCUT2D eigenvalue weighted by atomic mass is 10.0. The molecule has 1 atom stereocenters. The first kappa shape index (κ1) is 16.8. The maximum Gasteiger partial charge on any atom is 0.236 e. The lowest BCUT2D eigenvalue weighted by Gasteiger charge is -2.36. The van der Waals surface area contributed by atoms with Crippen LogP contribution >= 0.6 is 0 Å². The highest BCUT2D eigenvalue weighted by atomic mass is 16.5. The van der Waals surface area contributed by atoms with Crippen molar-refractivity contribution in [2.24, 2.45) is 0 Å². The van der Waals surface area contributed by atoms with Crippen molar-refractivity contribution in [3.8, 4) is 5.75 Å². The molecule has 1 saturated heterocycles. The van der Waals surface area contributed by atoms with Crippen LogP contribution in [0.5, 0.6) is 5.75 Å². The fourth-order valence-corrected chi connectivity index (χ4v) is 2.62. The number of carbonyl (C=O) groups is 1. The van der Waals surface area contributed by atoms with Gasteiger partial charge in [0.25, 0.3) is 0 Å². The summed E-state index contributed by atoms with van der Waals surface area (Å²) in [6.45, 7) is 7.18. The fraction of sp³-hybridized carbons (Fsp3) is 0.588. The Morgan fingerprint density at radius 3 is 2.64 bits per heavy atom. The molecule has 1 aromatic rings. The van der Waals surface area contributed by atoms with Crippen LogP contribution in [0.3, 0.4) is 0 Å². The van der Waals surface area contributed by atoms with E-state index in [1.165, 1.54) is 5.56 Å². The van der Waals surface area contributed by atoms with Crippen LogP contribution in [0.4, 0.5) is 0 Å². The highest BCUT2D eigenvalue weighted by Crippen LogP contribution is 2.24. The molecule has 1 N–H and O–H groups in total. The second-order valence-electron chi connectivity index (χ2n) is 6.21. The summed E-state index contributed by atoms with van der Waals surface area (Å²) in [4.78, 5) is 15.9. The van der Waals surface area contributed by atoms with Gasteiger partial charge in [0.2, 0.25) is 5.91 Å². The third-order valence-corrected chi connectivity index (χ3v) is 3.83. The van der Waals surface area contributed by atoms with E-state index in [2.05, 4.69) is 22.3 Å². The summed E-state index contributed by atoms with van der Waals surface area (Å²) in [5.41, 5.74) is 1.22. The zero-order chi connectivity index (χ0) is 16.1. The molecular weight excluding hydrogens is 278 g/mol. The van der Waals surface area contributed by atoms with Gasteiger partial charge in [0.15, 0.2) is 0 Å². The topological polar surface area (TPSA) is 44.8 Å². The van der Waals surface area contributed by atoms with Crippen LogP contribution < -0.4 is 10.1 Å². The number of amides is 1. The van der Waals surface area contributed by atoms with Crippen LogP contribution in [0.25, 0.3) is 0 Å². The Bertz CT molecular complexity index is 485. The summed E-state index contributed by atoms with van der Waals surface area (Å²) in [7, 11) is 3.61. The van der Waals surface area contributed by atoms with Crippen LogP contribution in [0.1, 0.15) is 25.5 Å². The van der Waals surface area contributed by atoms with Crippen LogP contribution in [0.2, 0.25) is 0 Å². The highest BCUT2D eigenvalue weighted by Gasteiger charge is 2.25. The van der Waals surface area contributed by atoms with E-state index in [1.807, 2.05) is 26.0 Å². The van der Waals surface area contributed by atoms with Gasteiger partial charge in [-0.3, -0.25) is 9.69 Å². The molecule has 1 aliphatic heterocycles. The molecule has 1 fully saturated rings. The molecule has 1 aliphatic rings. The Kier molecular flexibility index (Phi) is 5.80. The van der Waals surface area contributed by atoms with Crippen molar-refractivity contribution in [2.75, 3.05) is 40.3 Å². The van der Waals surface area contributed by atoms with Gasteiger partial charge in [-0.05, 0) is 31.5 Å². The number of nitrogens with one attached hydrogen (secondary N) is 1. The smallest absolute Gasteiger partial charge is 0.236 e. The molecule has 1 unspecified atom stereocenters. The third-order valence-electron chi connectivity index (χ3n) is 3.83. The molecule has 2 rings (SSSR count). The molecule has 0 spiro atoms. The maximum absolute atomic E-state index is 12.0. The van der Waals surface area contributed by atoms with E-state index < -0.39 is 0 Å². The summed E-state index contributed by atoms with van der Waals surface area (Å²) >= 11 is 0. The molecule has 1 aromatic carbocycles. The predicted octanol–water partition coefficient (Wildman–Crippen LogP) is 1.51. The van der Waals surface area contributed by atoms with Gasteiger partial charge in [-0.25, -0.2) is 0 Å². The number of hydrogen-bond donors (Lipinski definition) is 1. The van der Waals surface area contributed by atoms with Gasteiger partial charge in [-0.2, -0.15) is 0 Å². The van der Waals surface area contributed by atoms with Crippen molar-refractivity contribution in [1.29, 1.82) is 0 Å². The maximum atomic E-state index is 12.0. The van der Waals surface area contributed by atoms with Gasteiger partial charge in [-0.1, -0.05) is 12.1 Å². The van der Waals surface area contributed by atoms with Gasteiger partial charge in [-0.15, -0.1) is 0 Å². The van der Waals surface area contributed by atoms with E-state index in [1.54, 1.807) is 19.0 Å². The Morgan fingerprint density at radius 2 is 2.05 bits per heavy atom. The van der Waals surface area contributed by atoms with Gasteiger partial charge >= 0.3 is 0 Å². The normalized spacial score (nSPS) is 19.2. The molecule has 0 aliphatic carbocycles. The number of rotatable bonds is 5. The zero-order valence-corrected chi connectivity index (χ0v) is 14.0. The van der Waals surface area contributed by atoms with Crippen LogP contribution in [0, 0.1) is 0 Å². The highest BCUT2D eigenvalue weighted by molar-refractivity contribution is 5.77. The van der Waals surface area contributed by atoms with Crippen LogP contribution in [-0.2, 0) is 4.79 Å². The molecule has 0 radical (unpaired) electrons. The average Bonchev–Trinajstić information content (AvgIpc) is 2.48. The summed E-state index contributed by atoms with van der Waals surface area (Å²) in [5, 5.41) is 3.41. The molecule has 0 saturated carbocycles. The quantitative estimate of drug-likeness (QED) is 0.895. The molecular formula is C17H27N3O2. The van der Waals surface area contributed by atoms with Crippen LogP contribution in [-0.4, -0.2) is 62.1 Å². The lowest BCUT2D eigenvalue weighted by molar-refractivity contribution is -0.130. The minimum atomic E-state index is 0.145. The first-order valence-corrected chi connectivity index (χ1v) is 7.89. The summed E-state index contributed by atoms with van der Waals surface area (Å²) in [5.74, 6) is 1.03. The monoisotopic (exact) mass is 305 g/mol. The molecule has 5 nitrogen and oxygen atoms in total. The molecule has 1 amide bonds. The van der Waals surface area contributed by atoms with Crippen LogP contribution in [0.15, 0.2) is 24.3 Å². The molecule has 22 heavy (non-hydrogen) atoms. The van der Waals surface area contributed by atoms with Gasteiger partial charge in [0, 0.05) is 39.8 Å². The van der Waals surface area contributed by atoms with Crippen molar-refractivity contribution in [3.05, 3.63) is 29.8 Å². The second-order valence-corrected chi connectivity index (χ2v) is 6.21. The first-order chi connectivity index (χ1) is 10.5. The van der Waals surface area contributed by atoms with Crippen molar-refractivity contribution in [1.82, 2.24) is 15.1 Å². The van der Waals surface area contributed by atoms with Crippen molar-refractivity contribution >= 4 is 5.91 Å². The van der Waals surface area contributed by atoms with Gasteiger partial charge < -0.3 is 15.0 Å². The van der Waals surface area contributed by atoms with E-state index in [9.17, 15) is 4.79 Å². The Morgan fingerprint density at radius 1 is 1.36 bits per heavy atom. The van der Waals surface area contributed by atoms with Gasteiger partial charge in [0.05, 0.1) is 12.6 Å². The third kappa shape index (κ3) is 4.45. The number of ether oxygens (including phenoxy) is 1. The van der Waals surface area contributed by atoms with Crippen molar-refractivity contribution in [3.63, 3.8) is 0 Å². The number of likely N-dealkylation sites (N-methyl/N-ethyl adjacent to an activating group) is 1. The van der Waals surface area contributed by atoms with E-state index in [0.29, 0.717) is 6.54 Å². The lowest BCUT2D eigenvalue weighted by Crippen LogP contribution is -2.49. The van der Waals surface area contributed by atoms with E-state index in [-0.39, 0.29) is 18.1 Å². The molecule has 1 heterocycles. The first-order valence-electron chi connectivity index (χ1n) is 7.89. The summed E-state index contributed by atoms with van der Waals surface area (Å²) in [6, 6.07) is 8.45. The molecule has 122 valence electrons. The van der Waals surface area contributed by atoms with E-state index >= 15 is 0 Å². The van der Waals surface area contributed by atoms with Crippen molar-refractivity contribution < 1.29 is 9.53 Å². The summed E-state index contributed by atoms with van der Waals surface area (Å²) < 4.78 is 5.69. The van der Waals surface area contributed by atoms with E-state index in [0.717, 1.165) is 25.4 Å². The zero-order valence-electron chi connectivity index (χ0n) is 14.0. The average molecular weight is 305 g/mol. The Hall–Kier alpha value is -1.59. The number of carbonyl (C=O) groups excluding carboxylic acids is 1. The Balaban J connectivity index is 2.08. The predicted molar refractivity (Wildman–Crippen MR) is 88.1 cm³/mol. The molecule has 5 heteroatoms. The van der Waals surface area contributed by atoms with Crippen molar-refractivity contribution in [2.45, 2.75) is 26.0 Å². The van der Waals surface area contributed by atoms with Gasteiger partial charge in [0.1, 0.15) is 5.75 Å². The Labute approximate surface area is 133 Å². The number of benzene rings is 1.